The van der Waals surface area contributed by atoms with Gasteiger partial charge in [0.25, 0.3) is 0 Å². The van der Waals surface area contributed by atoms with Crippen molar-refractivity contribution in [3.63, 3.8) is 0 Å². The van der Waals surface area contributed by atoms with Crippen LogP contribution in [0.25, 0.3) is 0 Å². The van der Waals surface area contributed by atoms with Crippen LogP contribution < -0.4 is 25.0 Å². The lowest BCUT2D eigenvalue weighted by molar-refractivity contribution is 0.414. The zero-order chi connectivity index (χ0) is 19.9. The number of ether oxygens (including phenoxy) is 2. The van der Waals surface area contributed by atoms with Crippen LogP contribution in [0.15, 0.2) is 47.5 Å². The third-order valence-electron chi connectivity index (χ3n) is 4.83. The third-order valence-corrected chi connectivity index (χ3v) is 5.06. The molecule has 158 valence electrons. The lowest BCUT2D eigenvalue weighted by atomic mass is 10.2. The van der Waals surface area contributed by atoms with Crippen molar-refractivity contribution in [1.82, 2.24) is 10.6 Å². The van der Waals surface area contributed by atoms with E-state index in [2.05, 4.69) is 26.6 Å². The molecule has 2 N–H and O–H groups in total. The molecule has 1 saturated heterocycles. The van der Waals surface area contributed by atoms with Gasteiger partial charge in [0, 0.05) is 37.7 Å². The molecular formula is C21H28ClIN4O2. The number of nitrogens with zero attached hydrogens (tertiary/aromatic N) is 2. The Morgan fingerprint density at radius 1 is 1.21 bits per heavy atom. The summed E-state index contributed by atoms with van der Waals surface area (Å²) >= 11 is 6.18. The Kier molecular flexibility index (Phi) is 9.16. The van der Waals surface area contributed by atoms with Gasteiger partial charge in [-0.2, -0.15) is 0 Å². The molecule has 2 aromatic carbocycles. The molecule has 6 nitrogen and oxygen atoms in total. The highest BCUT2D eigenvalue weighted by atomic mass is 127. The molecule has 0 amide bonds. The van der Waals surface area contributed by atoms with Crippen LogP contribution in [0.1, 0.15) is 12.0 Å². The second-order valence-electron chi connectivity index (χ2n) is 6.67. The number of methoxy groups -OCH3 is 2. The molecule has 0 aromatic heterocycles. The highest BCUT2D eigenvalue weighted by molar-refractivity contribution is 14.0. The average molecular weight is 531 g/mol. The van der Waals surface area contributed by atoms with E-state index in [0.29, 0.717) is 17.6 Å². The summed E-state index contributed by atoms with van der Waals surface area (Å²) in [6, 6.07) is 14.0. The van der Waals surface area contributed by atoms with Crippen LogP contribution in [-0.2, 0) is 6.54 Å². The van der Waals surface area contributed by atoms with Gasteiger partial charge in [-0.25, -0.2) is 0 Å². The fourth-order valence-electron chi connectivity index (χ4n) is 3.36. The second-order valence-corrected chi connectivity index (χ2v) is 7.11. The SMILES string of the molecule is CN=C(NCc1cccc(OC)c1)NC1CCN(c2cc(Cl)ccc2OC)C1.I. The van der Waals surface area contributed by atoms with Gasteiger partial charge < -0.3 is 25.0 Å². The molecule has 0 spiro atoms. The lowest BCUT2D eigenvalue weighted by Crippen LogP contribution is -2.44. The smallest absolute Gasteiger partial charge is 0.191 e. The molecule has 8 heteroatoms. The van der Waals surface area contributed by atoms with E-state index in [4.69, 9.17) is 21.1 Å². The van der Waals surface area contributed by atoms with Crippen molar-refractivity contribution in [1.29, 1.82) is 0 Å². The molecule has 1 atom stereocenters. The van der Waals surface area contributed by atoms with Crippen molar-refractivity contribution in [3.05, 3.63) is 53.1 Å². The van der Waals surface area contributed by atoms with Gasteiger partial charge in [0.1, 0.15) is 11.5 Å². The van der Waals surface area contributed by atoms with E-state index in [-0.39, 0.29) is 24.0 Å². The molecule has 1 aliphatic heterocycles. The Morgan fingerprint density at radius 3 is 2.76 bits per heavy atom. The molecule has 29 heavy (non-hydrogen) atoms. The topological polar surface area (TPSA) is 58.1 Å². The van der Waals surface area contributed by atoms with E-state index in [9.17, 15) is 0 Å². The van der Waals surface area contributed by atoms with E-state index < -0.39 is 0 Å². The molecule has 1 aliphatic rings. The second kappa shape index (κ2) is 11.3. The minimum Gasteiger partial charge on any atom is -0.497 e. The van der Waals surface area contributed by atoms with Gasteiger partial charge in [-0.1, -0.05) is 23.7 Å². The molecule has 1 heterocycles. The Morgan fingerprint density at radius 2 is 2.03 bits per heavy atom. The van der Waals surface area contributed by atoms with Crippen LogP contribution in [0, 0.1) is 0 Å². The minimum absolute atomic E-state index is 0. The number of nitrogens with one attached hydrogen (secondary N) is 2. The molecule has 0 aliphatic carbocycles. The van der Waals surface area contributed by atoms with E-state index in [1.807, 2.05) is 36.4 Å². The van der Waals surface area contributed by atoms with Gasteiger partial charge in [0.05, 0.1) is 19.9 Å². The standard InChI is InChI=1S/C21H27ClN4O2.HI/c1-23-21(24-13-15-5-4-6-18(11-15)27-2)25-17-9-10-26(14-17)19-12-16(22)7-8-20(19)28-3;/h4-8,11-12,17H,9-10,13-14H2,1-3H3,(H2,23,24,25);1H. The maximum atomic E-state index is 6.18. The number of hydrogen-bond acceptors (Lipinski definition) is 4. The largest absolute Gasteiger partial charge is 0.497 e. The normalized spacial score (nSPS) is 16.2. The van der Waals surface area contributed by atoms with Crippen molar-refractivity contribution in [3.8, 4) is 11.5 Å². The summed E-state index contributed by atoms with van der Waals surface area (Å²) in [5.41, 5.74) is 2.16. The Balaban J connectivity index is 0.00000300. The third kappa shape index (κ3) is 6.30. The van der Waals surface area contributed by atoms with Gasteiger partial charge in [-0.3, -0.25) is 4.99 Å². The van der Waals surface area contributed by atoms with Crippen LogP contribution in [0.5, 0.6) is 11.5 Å². The first kappa shape index (κ1) is 23.4. The van der Waals surface area contributed by atoms with Gasteiger partial charge >= 0.3 is 0 Å². The van der Waals surface area contributed by atoms with E-state index >= 15 is 0 Å². The quantitative estimate of drug-likeness (QED) is 0.337. The predicted octanol–water partition coefficient (Wildman–Crippen LogP) is 3.92. The molecule has 1 fully saturated rings. The monoisotopic (exact) mass is 530 g/mol. The summed E-state index contributed by atoms with van der Waals surface area (Å²) in [7, 11) is 5.14. The molecular weight excluding hydrogens is 503 g/mol. The number of guanidine groups is 1. The van der Waals surface area contributed by atoms with Gasteiger partial charge in [-0.15, -0.1) is 24.0 Å². The van der Waals surface area contributed by atoms with E-state index in [1.165, 1.54) is 0 Å². The van der Waals surface area contributed by atoms with Crippen molar-refractivity contribution >= 4 is 47.2 Å². The number of rotatable bonds is 6. The van der Waals surface area contributed by atoms with E-state index in [0.717, 1.165) is 48.2 Å². The van der Waals surface area contributed by atoms with Crippen LogP contribution in [0.2, 0.25) is 5.02 Å². The van der Waals surface area contributed by atoms with Crippen LogP contribution in [-0.4, -0.2) is 46.4 Å². The van der Waals surface area contributed by atoms with Crippen molar-refractivity contribution in [2.24, 2.45) is 4.99 Å². The lowest BCUT2D eigenvalue weighted by Gasteiger charge is -2.22. The van der Waals surface area contributed by atoms with Gasteiger partial charge in [0.2, 0.25) is 0 Å². The average Bonchev–Trinajstić information content (AvgIpc) is 3.19. The number of aliphatic imine (C=N–C) groups is 1. The Labute approximate surface area is 194 Å². The Bertz CT molecular complexity index is 834. The molecule has 1 unspecified atom stereocenters. The van der Waals surface area contributed by atoms with Crippen molar-refractivity contribution in [2.75, 3.05) is 39.3 Å². The summed E-state index contributed by atoms with van der Waals surface area (Å²) in [5, 5.41) is 7.59. The summed E-state index contributed by atoms with van der Waals surface area (Å²) in [6.07, 6.45) is 1.01. The molecule has 0 radical (unpaired) electrons. The molecule has 0 bridgehead atoms. The Hall–Kier alpha value is -1.87. The zero-order valence-electron chi connectivity index (χ0n) is 16.9. The molecule has 2 aromatic rings. The molecule has 0 saturated carbocycles. The van der Waals surface area contributed by atoms with Crippen LogP contribution in [0.4, 0.5) is 5.69 Å². The molecule has 3 rings (SSSR count). The fraction of sp³-hybridized carbons (Fsp3) is 0.381. The number of benzene rings is 2. The highest BCUT2D eigenvalue weighted by Crippen LogP contribution is 2.33. The van der Waals surface area contributed by atoms with Crippen LogP contribution >= 0.6 is 35.6 Å². The first-order chi connectivity index (χ1) is 13.6. The summed E-state index contributed by atoms with van der Waals surface area (Å²) < 4.78 is 10.8. The first-order valence-electron chi connectivity index (χ1n) is 9.31. The predicted molar refractivity (Wildman–Crippen MR) is 130 cm³/mol. The van der Waals surface area contributed by atoms with Crippen LogP contribution in [0.3, 0.4) is 0 Å². The van der Waals surface area contributed by atoms with E-state index in [1.54, 1.807) is 21.3 Å². The first-order valence-corrected chi connectivity index (χ1v) is 9.69. The summed E-state index contributed by atoms with van der Waals surface area (Å²) in [5.74, 6) is 2.47. The highest BCUT2D eigenvalue weighted by Gasteiger charge is 2.25. The number of hydrogen-bond donors (Lipinski definition) is 2. The maximum Gasteiger partial charge on any atom is 0.191 e. The number of anilines is 1. The fourth-order valence-corrected chi connectivity index (χ4v) is 3.53. The van der Waals surface area contributed by atoms with Gasteiger partial charge in [0.15, 0.2) is 5.96 Å². The van der Waals surface area contributed by atoms with Crippen molar-refractivity contribution in [2.45, 2.75) is 19.0 Å². The number of halogens is 2. The van der Waals surface area contributed by atoms with Gasteiger partial charge in [-0.05, 0) is 42.3 Å². The zero-order valence-corrected chi connectivity index (χ0v) is 20.0. The van der Waals surface area contributed by atoms with Crippen molar-refractivity contribution < 1.29 is 9.47 Å². The maximum absolute atomic E-state index is 6.18. The minimum atomic E-state index is 0. The summed E-state index contributed by atoms with van der Waals surface area (Å²) in [6.45, 7) is 2.47. The summed E-state index contributed by atoms with van der Waals surface area (Å²) in [4.78, 5) is 6.64.